The number of nitrogens with zero attached hydrogens (tertiary/aromatic N) is 5. The van der Waals surface area contributed by atoms with E-state index in [1.54, 1.807) is 6.33 Å². The first-order chi connectivity index (χ1) is 13.7. The van der Waals surface area contributed by atoms with Gasteiger partial charge in [0.1, 0.15) is 17.8 Å². The maximum absolute atomic E-state index is 5.84. The van der Waals surface area contributed by atoms with Crippen molar-refractivity contribution in [3.63, 3.8) is 0 Å². The van der Waals surface area contributed by atoms with Gasteiger partial charge in [0.05, 0.1) is 29.6 Å². The molecule has 1 aliphatic heterocycles. The number of H-pyrrole nitrogens is 2. The fourth-order valence-corrected chi connectivity index (χ4v) is 3.81. The molecule has 0 saturated carbocycles. The Labute approximate surface area is 162 Å². The molecule has 0 radical (unpaired) electrons. The standard InChI is InChI=1S/C20H21N7O/c1-12-9-27(10-13(2)28-12)19-6-18(21-11-22-19)20-16-5-14(15-7-23-24-8-15)3-4-17(16)25-26-20/h3-8,11-13H,9-10H2,1-2H3,(H,23,24)(H,25,26). The van der Waals surface area contributed by atoms with Crippen LogP contribution >= 0.6 is 0 Å². The SMILES string of the molecule is CC1CN(c2cc(-c3n[nH]c4ccc(-c5cn[nH]c5)cc34)ncn2)CC(C)O1. The molecule has 0 spiro atoms. The van der Waals surface area contributed by atoms with Gasteiger partial charge in [-0.05, 0) is 31.5 Å². The van der Waals surface area contributed by atoms with Crippen LogP contribution in [-0.4, -0.2) is 55.7 Å². The van der Waals surface area contributed by atoms with Crippen molar-refractivity contribution in [2.24, 2.45) is 0 Å². The van der Waals surface area contributed by atoms with Crippen LogP contribution in [0.25, 0.3) is 33.4 Å². The van der Waals surface area contributed by atoms with E-state index in [-0.39, 0.29) is 12.2 Å². The second-order valence-electron chi connectivity index (χ2n) is 7.24. The zero-order chi connectivity index (χ0) is 19.1. The summed E-state index contributed by atoms with van der Waals surface area (Å²) in [4.78, 5) is 11.2. The Balaban J connectivity index is 1.54. The van der Waals surface area contributed by atoms with E-state index >= 15 is 0 Å². The average molecular weight is 375 g/mol. The summed E-state index contributed by atoms with van der Waals surface area (Å²) in [6, 6.07) is 8.20. The highest BCUT2D eigenvalue weighted by Crippen LogP contribution is 2.30. The molecule has 1 aromatic carbocycles. The van der Waals surface area contributed by atoms with Crippen molar-refractivity contribution in [3.05, 3.63) is 43.0 Å². The van der Waals surface area contributed by atoms with Gasteiger partial charge in [-0.2, -0.15) is 10.2 Å². The third kappa shape index (κ3) is 3.01. The van der Waals surface area contributed by atoms with Gasteiger partial charge in [0, 0.05) is 36.3 Å². The van der Waals surface area contributed by atoms with Gasteiger partial charge in [0.15, 0.2) is 0 Å². The van der Waals surface area contributed by atoms with E-state index in [1.807, 2.05) is 24.5 Å². The molecule has 0 bridgehead atoms. The lowest BCUT2D eigenvalue weighted by Crippen LogP contribution is -2.45. The number of rotatable bonds is 3. The van der Waals surface area contributed by atoms with Crippen molar-refractivity contribution in [1.82, 2.24) is 30.4 Å². The summed E-state index contributed by atoms with van der Waals surface area (Å²) in [5.41, 5.74) is 4.70. The van der Waals surface area contributed by atoms with Crippen molar-refractivity contribution in [1.29, 1.82) is 0 Å². The number of fused-ring (bicyclic) bond motifs is 1. The monoisotopic (exact) mass is 375 g/mol. The van der Waals surface area contributed by atoms with E-state index in [0.717, 1.165) is 52.3 Å². The zero-order valence-electron chi connectivity index (χ0n) is 15.8. The van der Waals surface area contributed by atoms with Crippen LogP contribution < -0.4 is 4.90 Å². The third-order valence-electron chi connectivity index (χ3n) is 5.03. The van der Waals surface area contributed by atoms with Crippen molar-refractivity contribution >= 4 is 16.7 Å². The second-order valence-corrected chi connectivity index (χ2v) is 7.24. The molecule has 4 aromatic rings. The summed E-state index contributed by atoms with van der Waals surface area (Å²) in [5, 5.41) is 15.5. The molecule has 142 valence electrons. The van der Waals surface area contributed by atoms with Gasteiger partial charge in [0.25, 0.3) is 0 Å². The molecule has 2 N–H and O–H groups in total. The Morgan fingerprint density at radius 2 is 1.93 bits per heavy atom. The molecule has 8 heteroatoms. The summed E-state index contributed by atoms with van der Waals surface area (Å²) in [6.07, 6.45) is 5.64. The highest BCUT2D eigenvalue weighted by Gasteiger charge is 2.24. The fraction of sp³-hybridized carbons (Fsp3) is 0.300. The fourth-order valence-electron chi connectivity index (χ4n) is 3.81. The van der Waals surface area contributed by atoms with E-state index in [1.165, 1.54) is 0 Å². The van der Waals surface area contributed by atoms with Crippen LogP contribution in [0.3, 0.4) is 0 Å². The molecule has 8 nitrogen and oxygen atoms in total. The van der Waals surface area contributed by atoms with Crippen LogP contribution in [0.1, 0.15) is 13.8 Å². The number of anilines is 1. The predicted molar refractivity (Wildman–Crippen MR) is 107 cm³/mol. The van der Waals surface area contributed by atoms with Gasteiger partial charge < -0.3 is 9.64 Å². The van der Waals surface area contributed by atoms with E-state index < -0.39 is 0 Å². The smallest absolute Gasteiger partial charge is 0.132 e. The Hall–Kier alpha value is -3.26. The highest BCUT2D eigenvalue weighted by atomic mass is 16.5. The normalized spacial score (nSPS) is 20.0. The topological polar surface area (TPSA) is 95.6 Å². The number of morpholine rings is 1. The van der Waals surface area contributed by atoms with Crippen molar-refractivity contribution in [2.75, 3.05) is 18.0 Å². The number of aromatic nitrogens is 6. The number of hydrogen-bond donors (Lipinski definition) is 2. The molecule has 1 saturated heterocycles. The first-order valence-electron chi connectivity index (χ1n) is 9.37. The van der Waals surface area contributed by atoms with Crippen LogP contribution in [-0.2, 0) is 4.74 Å². The lowest BCUT2D eigenvalue weighted by molar-refractivity contribution is -0.00546. The number of ether oxygens (including phenoxy) is 1. The maximum atomic E-state index is 5.84. The average Bonchev–Trinajstić information content (AvgIpc) is 3.37. The number of aromatic amines is 2. The molecule has 1 aliphatic rings. The lowest BCUT2D eigenvalue weighted by Gasteiger charge is -2.36. The molecule has 5 rings (SSSR count). The number of benzene rings is 1. The van der Waals surface area contributed by atoms with Gasteiger partial charge in [-0.25, -0.2) is 9.97 Å². The van der Waals surface area contributed by atoms with E-state index in [0.29, 0.717) is 0 Å². The Morgan fingerprint density at radius 1 is 1.07 bits per heavy atom. The van der Waals surface area contributed by atoms with Gasteiger partial charge >= 0.3 is 0 Å². The summed E-state index contributed by atoms with van der Waals surface area (Å²) < 4.78 is 5.84. The van der Waals surface area contributed by atoms with Crippen LogP contribution in [0.4, 0.5) is 5.82 Å². The molecule has 3 aromatic heterocycles. The van der Waals surface area contributed by atoms with Crippen LogP contribution in [0.5, 0.6) is 0 Å². The Kier molecular flexibility index (Phi) is 4.05. The molecule has 1 fully saturated rings. The van der Waals surface area contributed by atoms with Gasteiger partial charge in [-0.3, -0.25) is 10.2 Å². The maximum Gasteiger partial charge on any atom is 0.132 e. The third-order valence-corrected chi connectivity index (χ3v) is 5.03. The summed E-state index contributed by atoms with van der Waals surface area (Å²) in [6.45, 7) is 5.80. The van der Waals surface area contributed by atoms with Crippen molar-refractivity contribution < 1.29 is 4.74 Å². The van der Waals surface area contributed by atoms with Gasteiger partial charge in [0.2, 0.25) is 0 Å². The van der Waals surface area contributed by atoms with E-state index in [4.69, 9.17) is 4.74 Å². The molecule has 0 aliphatic carbocycles. The van der Waals surface area contributed by atoms with Crippen LogP contribution in [0.2, 0.25) is 0 Å². The van der Waals surface area contributed by atoms with Gasteiger partial charge in [-0.1, -0.05) is 6.07 Å². The summed E-state index contributed by atoms with van der Waals surface area (Å²) in [7, 11) is 0. The van der Waals surface area contributed by atoms with E-state index in [2.05, 4.69) is 61.2 Å². The second kappa shape index (κ2) is 6.72. The molecule has 4 heterocycles. The molecule has 2 atom stereocenters. The number of hydrogen-bond acceptors (Lipinski definition) is 6. The summed E-state index contributed by atoms with van der Waals surface area (Å²) in [5.74, 6) is 0.897. The van der Waals surface area contributed by atoms with Crippen molar-refractivity contribution in [2.45, 2.75) is 26.1 Å². The predicted octanol–water partition coefficient (Wildman–Crippen LogP) is 3.02. The molecule has 2 unspecified atom stereocenters. The van der Waals surface area contributed by atoms with Gasteiger partial charge in [-0.15, -0.1) is 0 Å². The first kappa shape index (κ1) is 16.9. The number of nitrogens with one attached hydrogen (secondary N) is 2. The van der Waals surface area contributed by atoms with Crippen LogP contribution in [0.15, 0.2) is 43.0 Å². The van der Waals surface area contributed by atoms with Crippen LogP contribution in [0, 0.1) is 0 Å². The largest absolute Gasteiger partial charge is 0.372 e. The Bertz CT molecular complexity index is 1090. The molecule has 28 heavy (non-hydrogen) atoms. The Morgan fingerprint density at radius 3 is 2.71 bits per heavy atom. The minimum absolute atomic E-state index is 0.172. The quantitative estimate of drug-likeness (QED) is 0.571. The molecular weight excluding hydrogens is 354 g/mol. The van der Waals surface area contributed by atoms with E-state index in [9.17, 15) is 0 Å². The minimum atomic E-state index is 0.172. The first-order valence-corrected chi connectivity index (χ1v) is 9.37. The minimum Gasteiger partial charge on any atom is -0.372 e. The zero-order valence-corrected chi connectivity index (χ0v) is 15.8. The lowest BCUT2D eigenvalue weighted by atomic mass is 10.1. The molecular formula is C20H21N7O. The van der Waals surface area contributed by atoms with Crippen molar-refractivity contribution in [3.8, 4) is 22.5 Å². The molecule has 0 amide bonds. The summed E-state index contributed by atoms with van der Waals surface area (Å²) >= 11 is 0. The highest BCUT2D eigenvalue weighted by molar-refractivity contribution is 5.95.